The number of aromatic nitrogens is 2. The zero-order valence-electron chi connectivity index (χ0n) is 50.1. The van der Waals surface area contributed by atoms with Gasteiger partial charge in [-0.1, -0.05) is 83.5 Å². The van der Waals surface area contributed by atoms with Crippen molar-refractivity contribution in [1.82, 2.24) is 44.5 Å². The first-order valence-electron chi connectivity index (χ1n) is 29.1. The minimum absolute atomic E-state index is 0.0206. The number of halogens is 3. The summed E-state index contributed by atoms with van der Waals surface area (Å²) in [4.78, 5) is 113. The van der Waals surface area contributed by atoms with Crippen molar-refractivity contribution < 1.29 is 64.7 Å². The van der Waals surface area contributed by atoms with E-state index in [4.69, 9.17) is 15.5 Å². The van der Waals surface area contributed by atoms with E-state index in [1.165, 1.54) is 26.3 Å². The van der Waals surface area contributed by atoms with Gasteiger partial charge in [0.1, 0.15) is 30.7 Å². The molecule has 472 valence electrons. The third-order valence-electron chi connectivity index (χ3n) is 15.0. The summed E-state index contributed by atoms with van der Waals surface area (Å²) >= 11 is 0. The molecule has 0 spiro atoms. The van der Waals surface area contributed by atoms with Crippen molar-refractivity contribution in [1.29, 1.82) is 0 Å². The Balaban J connectivity index is 1.11. The number of carbonyl (C=O) groups is 8. The first-order chi connectivity index (χ1) is 41.2. The fourth-order valence-electron chi connectivity index (χ4n) is 10.4. The number of alkyl halides is 1. The fraction of sp³-hybridized carbons (Fsp3) is 0.492. The zero-order chi connectivity index (χ0) is 63.6. The maximum Gasteiger partial charge on any atom is 0.407 e. The Hall–Kier alpha value is -8.13. The number of imidazole rings is 1. The monoisotopic (exact) mass is 1230 g/mol. The predicted molar refractivity (Wildman–Crippen MR) is 319 cm³/mol. The van der Waals surface area contributed by atoms with Crippen molar-refractivity contribution in [2.75, 3.05) is 64.1 Å². The number of primary amides is 1. The lowest BCUT2D eigenvalue weighted by atomic mass is 9.84. The number of sulfonamides is 1. The number of carbonyl (C=O) groups excluding carboxylic acids is 8. The van der Waals surface area contributed by atoms with Gasteiger partial charge in [-0.05, 0) is 84.9 Å². The van der Waals surface area contributed by atoms with Crippen LogP contribution >= 0.6 is 0 Å². The topological polar surface area (TPSA) is 285 Å². The number of Topliss-reactive ketones (excluding diaryl/α,β-unsaturated/α-hetero) is 1. The molecule has 1 fully saturated rings. The number of hydrogen-bond acceptors (Lipinski definition) is 12. The van der Waals surface area contributed by atoms with E-state index < -0.39 is 81.9 Å². The van der Waals surface area contributed by atoms with Crippen LogP contribution in [0.15, 0.2) is 91.1 Å². The molecular weight excluding hydrogens is 1150 g/mol. The number of ketones is 1. The molecule has 87 heavy (non-hydrogen) atoms. The van der Waals surface area contributed by atoms with E-state index in [9.17, 15) is 51.2 Å². The third kappa shape index (κ3) is 20.2. The second-order valence-corrected chi connectivity index (χ2v) is 25.2. The van der Waals surface area contributed by atoms with Crippen LogP contribution in [-0.2, 0) is 51.9 Å². The summed E-state index contributed by atoms with van der Waals surface area (Å²) < 4.78 is 78.7. The summed E-state index contributed by atoms with van der Waals surface area (Å²) in [5.41, 5.74) is 6.05. The molecule has 3 heterocycles. The van der Waals surface area contributed by atoms with E-state index in [0.29, 0.717) is 42.8 Å². The van der Waals surface area contributed by atoms with Crippen molar-refractivity contribution in [3.8, 4) is 11.3 Å². The van der Waals surface area contributed by atoms with Gasteiger partial charge in [-0.2, -0.15) is 4.31 Å². The van der Waals surface area contributed by atoms with Crippen LogP contribution in [0.3, 0.4) is 0 Å². The molecule has 0 unspecified atom stereocenters. The lowest BCUT2D eigenvalue weighted by Crippen LogP contribution is -2.56. The van der Waals surface area contributed by atoms with Crippen molar-refractivity contribution >= 4 is 63.3 Å². The van der Waals surface area contributed by atoms with E-state index in [1.54, 1.807) is 48.9 Å². The lowest BCUT2D eigenvalue weighted by molar-refractivity contribution is -0.137. The molecule has 2 aliphatic heterocycles. The molecule has 9 amide bonds. The van der Waals surface area contributed by atoms with Gasteiger partial charge >= 0.3 is 18.2 Å². The van der Waals surface area contributed by atoms with Gasteiger partial charge in [-0.3, -0.25) is 28.9 Å². The van der Waals surface area contributed by atoms with Gasteiger partial charge in [0.2, 0.25) is 21.8 Å². The smallest absolute Gasteiger partial charge is 0.407 e. The average molecular weight is 1230 g/mol. The molecule has 0 bridgehead atoms. The van der Waals surface area contributed by atoms with Crippen molar-refractivity contribution in [3.63, 3.8) is 0 Å². The van der Waals surface area contributed by atoms with E-state index in [0.717, 1.165) is 34.9 Å². The molecule has 1 saturated heterocycles. The van der Waals surface area contributed by atoms with Crippen molar-refractivity contribution in [2.24, 2.45) is 23.0 Å². The van der Waals surface area contributed by atoms with Crippen LogP contribution in [0.4, 0.5) is 33.2 Å². The molecular formula is C61H80F3N11O11S. The zero-order valence-corrected chi connectivity index (χ0v) is 50.9. The largest absolute Gasteiger partial charge is 0.445 e. The SMILES string of the molecule is CC(C)[C@H](NC(=O)CCCCCN1C(=O)C=CC1=O)C(=O)C[C@@H](CCCNC(N)=O)C(=O)Nc1ccc(COC(=O)N[C@H](CF)CCN(C(=O)N2CCN(S(C)(=O)=O)CC2)[C@@H](c2nc(-c3cc(F)ccc3F)cn2Cc2ccccc2)C(C)(C)C)cc1. The number of imide groups is 1. The summed E-state index contributed by atoms with van der Waals surface area (Å²) in [6.45, 7) is 8.32. The highest BCUT2D eigenvalue weighted by Gasteiger charge is 2.41. The quantitative estimate of drug-likeness (QED) is 0.0256. The number of unbranched alkanes of at least 4 members (excludes halogenated alkanes) is 2. The second kappa shape index (κ2) is 31.5. The van der Waals surface area contributed by atoms with Crippen LogP contribution in [0.5, 0.6) is 0 Å². The number of nitrogens with one attached hydrogen (secondary N) is 4. The van der Waals surface area contributed by atoms with Crippen LogP contribution in [0, 0.1) is 28.9 Å². The fourth-order valence-corrected chi connectivity index (χ4v) is 11.2. The van der Waals surface area contributed by atoms with Gasteiger partial charge in [0.05, 0.1) is 30.1 Å². The lowest BCUT2D eigenvalue weighted by Gasteiger charge is -2.44. The Kier molecular flexibility index (Phi) is 24.6. The maximum atomic E-state index is 15.4. The minimum atomic E-state index is -3.57. The van der Waals surface area contributed by atoms with E-state index in [-0.39, 0.29) is 125 Å². The van der Waals surface area contributed by atoms with Gasteiger partial charge < -0.3 is 46.1 Å². The van der Waals surface area contributed by atoms with Crippen LogP contribution in [0.2, 0.25) is 0 Å². The number of urea groups is 2. The molecule has 2 aliphatic rings. The number of amides is 9. The summed E-state index contributed by atoms with van der Waals surface area (Å²) in [7, 11) is -3.57. The van der Waals surface area contributed by atoms with Gasteiger partial charge in [0.15, 0.2) is 5.78 Å². The number of nitrogens with zero attached hydrogens (tertiary/aromatic N) is 6. The molecule has 26 heteroatoms. The molecule has 6 N–H and O–H groups in total. The average Bonchev–Trinajstić information content (AvgIpc) is 1.77. The number of hydrogen-bond donors (Lipinski definition) is 5. The predicted octanol–water partition coefficient (Wildman–Crippen LogP) is 7.21. The Morgan fingerprint density at radius 2 is 1.52 bits per heavy atom. The number of nitrogens with two attached hydrogens (primary N) is 1. The number of ether oxygens (including phenoxy) is 1. The number of rotatable bonds is 30. The molecule has 4 aromatic rings. The van der Waals surface area contributed by atoms with Crippen molar-refractivity contribution in [3.05, 3.63) is 120 Å². The molecule has 6 rings (SSSR count). The standard InChI is InChI=1S/C61H80F3N11O11S/c1-40(2)54(70-51(77)17-11-8-12-28-74-52(78)24-25-53(74)79)50(76)34-43(16-13-27-66-58(65)81)57(80)67-45-21-18-42(19-22-45)39-86-59(82)68-46(36-62)26-29-75(60(83)71-30-32-73(33-31-71)87(6,84)85)55(61(3,4)5)56-69-49(47-35-44(63)20-23-48(47)64)38-72(56)37-41-14-9-7-10-15-41/h7,9-10,14-15,18-25,35,38,40,43,46,54-55H,8,11-13,16-17,26-34,36-37,39H2,1-6H3,(H,67,80)(H,68,82)(H,70,77)(H3,65,66,81)/t43-,46+,54+,55+/m1/s1. The molecule has 22 nitrogen and oxygen atoms in total. The highest BCUT2D eigenvalue weighted by molar-refractivity contribution is 7.88. The molecule has 0 saturated carbocycles. The summed E-state index contributed by atoms with van der Waals surface area (Å²) in [6.07, 6.45) is 5.83. The number of alkyl carbamates (subject to hydrolysis) is 1. The maximum absolute atomic E-state index is 15.4. The van der Waals surface area contributed by atoms with E-state index >= 15 is 8.78 Å². The van der Waals surface area contributed by atoms with E-state index in [2.05, 4.69) is 21.3 Å². The summed E-state index contributed by atoms with van der Waals surface area (Å²) in [5.74, 6) is -4.32. The van der Waals surface area contributed by atoms with Gasteiger partial charge in [0, 0.05) is 101 Å². The van der Waals surface area contributed by atoms with Crippen molar-refractivity contribution in [2.45, 2.75) is 117 Å². The first kappa shape index (κ1) is 68.0. The third-order valence-corrected chi connectivity index (χ3v) is 16.3. The van der Waals surface area contributed by atoms with Crippen LogP contribution in [0.25, 0.3) is 11.3 Å². The normalized spacial score (nSPS) is 15.2. The minimum Gasteiger partial charge on any atom is -0.445 e. The molecule has 3 aromatic carbocycles. The highest BCUT2D eigenvalue weighted by atomic mass is 32.2. The molecule has 4 atom stereocenters. The number of piperazine rings is 1. The Bertz CT molecular complexity index is 3190. The highest BCUT2D eigenvalue weighted by Crippen LogP contribution is 2.40. The van der Waals surface area contributed by atoms with Gasteiger partial charge in [-0.25, -0.2) is 41.0 Å². The van der Waals surface area contributed by atoms with Crippen LogP contribution in [-0.4, -0.2) is 155 Å². The number of anilines is 1. The Morgan fingerprint density at radius 3 is 2.14 bits per heavy atom. The van der Waals surface area contributed by atoms with E-state index in [1.807, 2.05) is 51.1 Å². The first-order valence-corrected chi connectivity index (χ1v) is 30.9. The Labute approximate surface area is 505 Å². The molecule has 0 aliphatic carbocycles. The molecule has 0 radical (unpaired) electrons. The van der Waals surface area contributed by atoms with Crippen LogP contribution in [0.1, 0.15) is 109 Å². The number of benzene rings is 3. The van der Waals surface area contributed by atoms with Gasteiger partial charge in [0.25, 0.3) is 11.8 Å². The van der Waals surface area contributed by atoms with Gasteiger partial charge in [-0.15, -0.1) is 0 Å². The Morgan fingerprint density at radius 1 is 0.839 bits per heavy atom. The summed E-state index contributed by atoms with van der Waals surface area (Å²) in [6, 6.07) is 14.3. The molecule has 1 aromatic heterocycles. The van der Waals surface area contributed by atoms with Crippen LogP contribution < -0.4 is 27.0 Å². The second-order valence-electron chi connectivity index (χ2n) is 23.2. The summed E-state index contributed by atoms with van der Waals surface area (Å²) in [5, 5.41) is 10.7.